The summed E-state index contributed by atoms with van der Waals surface area (Å²) in [5.74, 6) is 0. The van der Waals surface area contributed by atoms with Gasteiger partial charge >= 0.3 is 0 Å². The molecule has 0 unspecified atom stereocenters. The zero-order chi connectivity index (χ0) is 96.2. The summed E-state index contributed by atoms with van der Waals surface area (Å²) in [6.45, 7) is 0. The summed E-state index contributed by atoms with van der Waals surface area (Å²) in [7, 11) is 0. The Balaban J connectivity index is 0.000000107. The molecule has 6 heteroatoms. The average molecular weight is 1860 g/mol. The van der Waals surface area contributed by atoms with Crippen LogP contribution in [0.4, 0.5) is 51.2 Å². The minimum Gasteiger partial charge on any atom is -0.455 e. The van der Waals surface area contributed by atoms with Crippen molar-refractivity contribution >= 4 is 235 Å². The van der Waals surface area contributed by atoms with Crippen LogP contribution in [0.3, 0.4) is 0 Å². The number of rotatable bonds is 13. The van der Waals surface area contributed by atoms with Crippen LogP contribution in [0.2, 0.25) is 0 Å². The average Bonchev–Trinajstić information content (AvgIpc) is 0.924. The molecule has 0 bridgehead atoms. The van der Waals surface area contributed by atoms with Gasteiger partial charge in [0.15, 0.2) is 0 Å². The van der Waals surface area contributed by atoms with Gasteiger partial charge in [-0.15, -0.1) is 0 Å². The molecule has 0 radical (unpaired) electrons. The van der Waals surface area contributed by atoms with Crippen LogP contribution in [-0.2, 0) is 0 Å². The third-order valence-electron chi connectivity index (χ3n) is 29.7. The zero-order valence-electron chi connectivity index (χ0n) is 79.5. The Labute approximate surface area is 841 Å². The summed E-state index contributed by atoms with van der Waals surface area (Å²) in [6, 6.07) is 194. The van der Waals surface area contributed by atoms with Gasteiger partial charge in [0.25, 0.3) is 0 Å². The molecule has 0 fully saturated rings. The van der Waals surface area contributed by atoms with Gasteiger partial charge in [-0.3, -0.25) is 0 Å². The first-order valence-corrected chi connectivity index (χ1v) is 50.0. The molecular formula is C140H89N3O3. The fourth-order valence-corrected chi connectivity index (χ4v) is 22.8. The lowest BCUT2D eigenvalue weighted by Crippen LogP contribution is -2.10. The van der Waals surface area contributed by atoms with Crippen molar-refractivity contribution in [3.63, 3.8) is 0 Å². The number of fused-ring (bicyclic) bond motifs is 26. The Morgan fingerprint density at radius 3 is 0.829 bits per heavy atom. The quantitative estimate of drug-likeness (QED) is 0.107. The van der Waals surface area contributed by atoms with E-state index in [1.165, 1.54) is 147 Å². The highest BCUT2D eigenvalue weighted by Crippen LogP contribution is 2.51. The van der Waals surface area contributed by atoms with Crippen molar-refractivity contribution in [2.75, 3.05) is 14.7 Å². The summed E-state index contributed by atoms with van der Waals surface area (Å²) in [5, 5.41) is 33.6. The highest BCUT2D eigenvalue weighted by atomic mass is 16.3. The summed E-state index contributed by atoms with van der Waals surface area (Å²) < 4.78 is 19.9. The lowest BCUT2D eigenvalue weighted by Gasteiger charge is -2.27. The fourth-order valence-electron chi connectivity index (χ4n) is 22.8. The van der Waals surface area contributed by atoms with E-state index in [1.54, 1.807) is 0 Å². The third-order valence-corrected chi connectivity index (χ3v) is 29.7. The Hall–Kier alpha value is -19.4. The molecule has 3 aromatic heterocycles. The van der Waals surface area contributed by atoms with Crippen LogP contribution in [0.25, 0.3) is 229 Å². The summed E-state index contributed by atoms with van der Waals surface area (Å²) in [6.07, 6.45) is 0. The molecule has 682 valence electrons. The van der Waals surface area contributed by atoms with E-state index in [9.17, 15) is 0 Å². The number of nitrogens with zero attached hydrogens (tertiary/aromatic N) is 3. The predicted octanol–water partition coefficient (Wildman–Crippen LogP) is 40.5. The van der Waals surface area contributed by atoms with Crippen LogP contribution < -0.4 is 14.7 Å². The molecule has 0 aliphatic carbocycles. The van der Waals surface area contributed by atoms with Crippen molar-refractivity contribution in [1.82, 2.24) is 0 Å². The van der Waals surface area contributed by atoms with Gasteiger partial charge in [-0.05, 0) is 257 Å². The molecule has 0 aliphatic rings. The molecule has 0 saturated carbocycles. The molecular weight excluding hydrogens is 1770 g/mol. The van der Waals surface area contributed by atoms with Gasteiger partial charge in [-0.1, -0.05) is 400 Å². The molecule has 0 spiro atoms. The molecule has 3 heterocycles. The third kappa shape index (κ3) is 14.6. The van der Waals surface area contributed by atoms with Gasteiger partial charge in [0.1, 0.15) is 33.5 Å². The SMILES string of the molecule is c1ccc(-c2c(-c3ccc(N(c4ccc5c(c4)oc4c6ccccc6ccc54)c4cccc5ccccc45)cc3)c3ccccc3c3ccccc23)cc1.c1ccc(-c2ccc(N(c3ccc(-c4cc5ccccc5c5ccccc45)cc3)c3ccc4c(c3)oc3c5ccccc5ccc43)cc2)cc1.c1ccc2c(N(c3ccc4c(ccc5ccccc54)c3)c3ccc4c(c3)oc3c5ccccc5ccc43)cccc2c1. The highest BCUT2D eigenvalue weighted by Gasteiger charge is 2.26. The van der Waals surface area contributed by atoms with Gasteiger partial charge < -0.3 is 28.0 Å². The topological polar surface area (TPSA) is 49.1 Å². The van der Waals surface area contributed by atoms with E-state index < -0.39 is 0 Å². The van der Waals surface area contributed by atoms with E-state index in [0.717, 1.165) is 133 Å². The van der Waals surface area contributed by atoms with Crippen LogP contribution in [0.1, 0.15) is 0 Å². The van der Waals surface area contributed by atoms with Crippen molar-refractivity contribution in [3.05, 3.63) is 540 Å². The first-order valence-electron chi connectivity index (χ1n) is 50.0. The van der Waals surface area contributed by atoms with Gasteiger partial charge in [0.2, 0.25) is 0 Å². The normalized spacial score (nSPS) is 11.7. The zero-order valence-corrected chi connectivity index (χ0v) is 79.5. The molecule has 30 rings (SSSR count). The van der Waals surface area contributed by atoms with Crippen LogP contribution in [0.15, 0.2) is 553 Å². The van der Waals surface area contributed by atoms with Crippen LogP contribution >= 0.6 is 0 Å². The van der Waals surface area contributed by atoms with Crippen molar-refractivity contribution in [3.8, 4) is 44.5 Å². The van der Waals surface area contributed by atoms with Gasteiger partial charge in [0, 0.05) is 117 Å². The maximum Gasteiger partial charge on any atom is 0.143 e. The number of hydrogen-bond acceptors (Lipinski definition) is 6. The molecule has 0 atom stereocenters. The summed E-state index contributed by atoms with van der Waals surface area (Å²) >= 11 is 0. The number of benzene rings is 27. The molecule has 0 aliphatic heterocycles. The van der Waals surface area contributed by atoms with Gasteiger partial charge in [-0.2, -0.15) is 0 Å². The molecule has 146 heavy (non-hydrogen) atoms. The molecule has 0 N–H and O–H groups in total. The van der Waals surface area contributed by atoms with Gasteiger partial charge in [0.05, 0.1) is 11.4 Å². The predicted molar refractivity (Wildman–Crippen MR) is 620 cm³/mol. The second kappa shape index (κ2) is 35.4. The van der Waals surface area contributed by atoms with E-state index >= 15 is 0 Å². The van der Waals surface area contributed by atoms with Crippen LogP contribution in [0, 0.1) is 0 Å². The summed E-state index contributed by atoms with van der Waals surface area (Å²) in [4.78, 5) is 7.05. The Kier molecular flexibility index (Phi) is 20.5. The molecule has 6 nitrogen and oxygen atoms in total. The Morgan fingerprint density at radius 1 is 0.123 bits per heavy atom. The minimum atomic E-state index is 0.871. The number of anilines is 9. The second-order valence-electron chi connectivity index (χ2n) is 37.9. The van der Waals surface area contributed by atoms with Crippen LogP contribution in [-0.4, -0.2) is 0 Å². The lowest BCUT2D eigenvalue weighted by molar-refractivity contribution is 0.672. The van der Waals surface area contributed by atoms with E-state index in [2.05, 4.69) is 555 Å². The van der Waals surface area contributed by atoms with E-state index in [0.29, 0.717) is 0 Å². The maximum absolute atomic E-state index is 6.70. The van der Waals surface area contributed by atoms with Crippen molar-refractivity contribution < 1.29 is 13.3 Å². The first kappa shape index (κ1) is 84.7. The highest BCUT2D eigenvalue weighted by molar-refractivity contribution is 6.24. The van der Waals surface area contributed by atoms with E-state index in [4.69, 9.17) is 13.3 Å². The molecule has 0 amide bonds. The number of hydrogen-bond donors (Lipinski definition) is 0. The molecule has 30 aromatic rings. The maximum atomic E-state index is 6.70. The van der Waals surface area contributed by atoms with Gasteiger partial charge in [-0.25, -0.2) is 0 Å². The second-order valence-corrected chi connectivity index (χ2v) is 37.9. The van der Waals surface area contributed by atoms with Crippen molar-refractivity contribution in [2.24, 2.45) is 0 Å². The lowest BCUT2D eigenvalue weighted by atomic mass is 9.85. The molecule has 0 saturated heterocycles. The standard InChI is InChI=1S/C52H33NO.C48H31NO.C40H25NO/c1-2-15-36(16-3-1)50-45-22-10-8-20-42(45)43-21-9-11-23-46(43)51(50)37-25-28-38(29-26-37)53(48-24-12-17-34-13-4-6-18-40(34)48)39-30-32-44-47-31-27-35-14-5-7-19-41(35)52(47)54-49(44)33-39;1-2-10-32(11-3-1)33-18-23-37(24-19-33)49(39-27-29-44-45-28-22-34-12-4-7-15-41(34)48(45)50-47(44)31-39)38-25-20-35(21-26-38)46-30-36-13-5-6-14-40(36)42-16-8-9-17-43(42)46;1-4-12-32-27(9-1)16-17-29-24-30(19-22-33(29)32)41(38-15-7-11-26-8-2-5-13-34(26)38)31-20-23-36-37-21-18-28-10-3-6-14-35(28)40(37)42-39(36)25-31/h1-33H;1-31H;1-25H. The Morgan fingerprint density at radius 2 is 0.377 bits per heavy atom. The Bertz CT molecular complexity index is 10400. The van der Waals surface area contributed by atoms with Crippen molar-refractivity contribution in [2.45, 2.75) is 0 Å². The van der Waals surface area contributed by atoms with Crippen molar-refractivity contribution in [1.29, 1.82) is 0 Å². The first-order chi connectivity index (χ1) is 72.4. The van der Waals surface area contributed by atoms with Crippen LogP contribution in [0.5, 0.6) is 0 Å². The minimum absolute atomic E-state index is 0.871. The smallest absolute Gasteiger partial charge is 0.143 e. The van der Waals surface area contributed by atoms with E-state index in [1.807, 2.05) is 0 Å². The monoisotopic (exact) mass is 1860 g/mol. The summed E-state index contributed by atoms with van der Waals surface area (Å²) in [5.41, 5.74) is 24.9. The van der Waals surface area contributed by atoms with E-state index in [-0.39, 0.29) is 0 Å². The fraction of sp³-hybridized carbons (Fsp3) is 0. The molecule has 27 aromatic carbocycles. The number of furan rings is 3. The largest absolute Gasteiger partial charge is 0.455 e.